The van der Waals surface area contributed by atoms with Gasteiger partial charge in [0.05, 0.1) is 18.0 Å². The van der Waals surface area contributed by atoms with Crippen LogP contribution in [0.3, 0.4) is 0 Å². The second-order valence-corrected chi connectivity index (χ2v) is 8.44. The number of nitrogens with one attached hydrogen (secondary N) is 2. The lowest BCUT2D eigenvalue weighted by Gasteiger charge is -2.18. The number of sulfonamides is 1. The minimum atomic E-state index is -3.16. The number of anilines is 1. The maximum atomic E-state index is 11.1. The fourth-order valence-electron chi connectivity index (χ4n) is 1.98. The van der Waals surface area contributed by atoms with E-state index in [9.17, 15) is 8.42 Å². The molecule has 0 saturated heterocycles. The smallest absolute Gasteiger partial charge is 0.209 e. The highest BCUT2D eigenvalue weighted by atomic mass is 32.2. The van der Waals surface area contributed by atoms with Crippen molar-refractivity contribution in [2.75, 3.05) is 11.6 Å². The minimum absolute atomic E-state index is 0.0213. The van der Waals surface area contributed by atoms with Crippen LogP contribution in [0.15, 0.2) is 36.7 Å². The van der Waals surface area contributed by atoms with E-state index < -0.39 is 10.0 Å². The Morgan fingerprint density at radius 2 is 1.74 bits per heavy atom. The van der Waals surface area contributed by atoms with E-state index >= 15 is 0 Å². The highest BCUT2D eigenvalue weighted by Gasteiger charge is 2.13. The standard InChI is InChI=1S/C16H24N4O2S/c1-16(2,3)20-12-14(10-18-20)9-17-15-7-5-13(6-8-15)11-19-23(4,21)22/h5-8,10,12,17,19H,9,11H2,1-4H3. The third-order valence-corrected chi connectivity index (χ3v) is 3.98. The summed E-state index contributed by atoms with van der Waals surface area (Å²) in [4.78, 5) is 0. The van der Waals surface area contributed by atoms with Gasteiger partial charge in [-0.05, 0) is 38.5 Å². The third-order valence-electron chi connectivity index (χ3n) is 3.31. The lowest BCUT2D eigenvalue weighted by atomic mass is 10.1. The Balaban J connectivity index is 1.90. The van der Waals surface area contributed by atoms with Crippen molar-refractivity contribution in [2.45, 2.75) is 39.4 Å². The van der Waals surface area contributed by atoms with Crippen molar-refractivity contribution in [2.24, 2.45) is 0 Å². The Morgan fingerprint density at radius 1 is 1.09 bits per heavy atom. The van der Waals surface area contributed by atoms with E-state index in [0.29, 0.717) is 13.1 Å². The van der Waals surface area contributed by atoms with E-state index in [1.807, 2.05) is 41.3 Å². The predicted molar refractivity (Wildman–Crippen MR) is 92.7 cm³/mol. The van der Waals surface area contributed by atoms with E-state index in [2.05, 4.69) is 35.9 Å². The molecule has 2 aromatic rings. The molecule has 126 valence electrons. The van der Waals surface area contributed by atoms with Gasteiger partial charge in [-0.15, -0.1) is 0 Å². The van der Waals surface area contributed by atoms with Gasteiger partial charge in [0, 0.05) is 30.5 Å². The van der Waals surface area contributed by atoms with Crippen LogP contribution in [0.2, 0.25) is 0 Å². The number of nitrogens with zero attached hydrogens (tertiary/aromatic N) is 2. The Bertz CT molecular complexity index is 743. The maximum absolute atomic E-state index is 11.1. The quantitative estimate of drug-likeness (QED) is 0.849. The molecule has 0 spiro atoms. The summed E-state index contributed by atoms with van der Waals surface area (Å²) in [5.74, 6) is 0. The van der Waals surface area contributed by atoms with E-state index in [0.717, 1.165) is 23.1 Å². The molecule has 7 heteroatoms. The fourth-order valence-corrected chi connectivity index (χ4v) is 2.41. The van der Waals surface area contributed by atoms with Gasteiger partial charge in [-0.25, -0.2) is 13.1 Å². The maximum Gasteiger partial charge on any atom is 0.209 e. The van der Waals surface area contributed by atoms with Gasteiger partial charge < -0.3 is 5.32 Å². The van der Waals surface area contributed by atoms with Crippen LogP contribution in [0.4, 0.5) is 5.69 Å². The molecule has 0 aliphatic heterocycles. The average Bonchev–Trinajstić information content (AvgIpc) is 2.92. The van der Waals surface area contributed by atoms with Crippen LogP contribution in [-0.2, 0) is 28.7 Å². The molecule has 0 atom stereocenters. The molecule has 0 aliphatic rings. The highest BCUT2D eigenvalue weighted by Crippen LogP contribution is 2.15. The zero-order valence-electron chi connectivity index (χ0n) is 14.0. The second-order valence-electron chi connectivity index (χ2n) is 6.61. The summed E-state index contributed by atoms with van der Waals surface area (Å²) in [6.07, 6.45) is 5.06. The summed E-state index contributed by atoms with van der Waals surface area (Å²) >= 11 is 0. The van der Waals surface area contributed by atoms with Crippen molar-refractivity contribution in [1.29, 1.82) is 0 Å². The highest BCUT2D eigenvalue weighted by molar-refractivity contribution is 7.88. The third kappa shape index (κ3) is 5.69. The molecule has 23 heavy (non-hydrogen) atoms. The number of aromatic nitrogens is 2. The van der Waals surface area contributed by atoms with Crippen LogP contribution in [0.25, 0.3) is 0 Å². The van der Waals surface area contributed by atoms with Crippen molar-refractivity contribution in [1.82, 2.24) is 14.5 Å². The second kappa shape index (κ2) is 6.72. The number of rotatable bonds is 6. The van der Waals surface area contributed by atoms with E-state index in [4.69, 9.17) is 0 Å². The van der Waals surface area contributed by atoms with Crippen molar-refractivity contribution < 1.29 is 8.42 Å². The van der Waals surface area contributed by atoms with Gasteiger partial charge >= 0.3 is 0 Å². The minimum Gasteiger partial charge on any atom is -0.381 e. The summed E-state index contributed by atoms with van der Waals surface area (Å²) in [6.45, 7) is 7.33. The molecule has 6 nitrogen and oxygen atoms in total. The first-order chi connectivity index (χ1) is 10.6. The molecule has 0 fully saturated rings. The lowest BCUT2D eigenvalue weighted by molar-refractivity contribution is 0.355. The molecule has 0 aliphatic carbocycles. The van der Waals surface area contributed by atoms with Gasteiger partial charge in [-0.3, -0.25) is 4.68 Å². The first kappa shape index (κ1) is 17.5. The Kier molecular flexibility index (Phi) is 5.11. The number of benzene rings is 1. The summed E-state index contributed by atoms with van der Waals surface area (Å²) in [5.41, 5.74) is 2.99. The van der Waals surface area contributed by atoms with Gasteiger partial charge in [0.15, 0.2) is 0 Å². The van der Waals surface area contributed by atoms with E-state index in [-0.39, 0.29) is 5.54 Å². The average molecular weight is 336 g/mol. The summed E-state index contributed by atoms with van der Waals surface area (Å²) in [7, 11) is -3.16. The molecular weight excluding hydrogens is 312 g/mol. The van der Waals surface area contributed by atoms with Gasteiger partial charge in [0.1, 0.15) is 0 Å². The SMILES string of the molecule is CC(C)(C)n1cc(CNc2ccc(CNS(C)(=O)=O)cc2)cn1. The first-order valence-corrected chi connectivity index (χ1v) is 9.34. The van der Waals surface area contributed by atoms with Crippen molar-refractivity contribution in [3.8, 4) is 0 Å². The lowest BCUT2D eigenvalue weighted by Crippen LogP contribution is -2.22. The molecule has 1 aromatic heterocycles. The monoisotopic (exact) mass is 336 g/mol. The van der Waals surface area contributed by atoms with Crippen LogP contribution in [0.5, 0.6) is 0 Å². The molecule has 0 unspecified atom stereocenters. The number of hydrogen-bond donors (Lipinski definition) is 2. The Labute approximate surface area is 138 Å². The molecule has 0 saturated carbocycles. The van der Waals surface area contributed by atoms with E-state index in [1.165, 1.54) is 0 Å². The normalized spacial score (nSPS) is 12.3. The van der Waals surface area contributed by atoms with Crippen LogP contribution in [0, 0.1) is 0 Å². The van der Waals surface area contributed by atoms with Gasteiger partial charge in [0.2, 0.25) is 10.0 Å². The molecule has 1 heterocycles. The van der Waals surface area contributed by atoms with Crippen LogP contribution < -0.4 is 10.0 Å². The van der Waals surface area contributed by atoms with Crippen LogP contribution >= 0.6 is 0 Å². The van der Waals surface area contributed by atoms with Gasteiger partial charge in [-0.1, -0.05) is 12.1 Å². The summed E-state index contributed by atoms with van der Waals surface area (Å²) < 4.78 is 26.6. The van der Waals surface area contributed by atoms with Crippen molar-refractivity contribution in [3.63, 3.8) is 0 Å². The van der Waals surface area contributed by atoms with Crippen molar-refractivity contribution >= 4 is 15.7 Å². The summed E-state index contributed by atoms with van der Waals surface area (Å²) in [5, 5.41) is 7.71. The molecular formula is C16H24N4O2S. The van der Waals surface area contributed by atoms with Crippen LogP contribution in [0.1, 0.15) is 31.9 Å². The van der Waals surface area contributed by atoms with Crippen LogP contribution in [-0.4, -0.2) is 24.5 Å². The zero-order valence-corrected chi connectivity index (χ0v) is 14.8. The number of hydrogen-bond acceptors (Lipinski definition) is 4. The topological polar surface area (TPSA) is 76.0 Å². The molecule has 1 aromatic carbocycles. The fraction of sp³-hybridized carbons (Fsp3) is 0.438. The molecule has 2 N–H and O–H groups in total. The largest absolute Gasteiger partial charge is 0.381 e. The van der Waals surface area contributed by atoms with Gasteiger partial charge in [-0.2, -0.15) is 5.10 Å². The molecule has 2 rings (SSSR count). The molecule has 0 radical (unpaired) electrons. The molecule has 0 amide bonds. The Hall–Kier alpha value is -1.86. The zero-order chi connectivity index (χ0) is 17.1. The molecule has 0 bridgehead atoms. The van der Waals surface area contributed by atoms with Crippen molar-refractivity contribution in [3.05, 3.63) is 47.8 Å². The first-order valence-electron chi connectivity index (χ1n) is 7.45. The van der Waals surface area contributed by atoms with Gasteiger partial charge in [0.25, 0.3) is 0 Å². The predicted octanol–water partition coefficient (Wildman–Crippen LogP) is 2.30. The Morgan fingerprint density at radius 3 is 2.26 bits per heavy atom. The summed E-state index contributed by atoms with van der Waals surface area (Å²) in [6, 6.07) is 7.68. The van der Waals surface area contributed by atoms with E-state index in [1.54, 1.807) is 0 Å².